The van der Waals surface area contributed by atoms with E-state index in [1.165, 1.54) is 141 Å². The van der Waals surface area contributed by atoms with Gasteiger partial charge < -0.3 is 24.6 Å². The quantitative estimate of drug-likeness (QED) is 0.0234. The first-order chi connectivity index (χ1) is 27.7. The van der Waals surface area contributed by atoms with E-state index in [9.17, 15) is 24.2 Å². The van der Waals surface area contributed by atoms with E-state index in [-0.39, 0.29) is 19.4 Å². The van der Waals surface area contributed by atoms with Crippen LogP contribution in [0.15, 0.2) is 24.3 Å². The lowest BCUT2D eigenvalue weighted by molar-refractivity contribution is -0.161. The maximum absolute atomic E-state index is 12.6. The van der Waals surface area contributed by atoms with Gasteiger partial charge in [-0.3, -0.25) is 18.6 Å². The molecule has 57 heavy (non-hydrogen) atoms. The van der Waals surface area contributed by atoms with Gasteiger partial charge in [-0.25, -0.2) is 4.57 Å². The van der Waals surface area contributed by atoms with Crippen LogP contribution in [0.25, 0.3) is 0 Å². The number of ether oxygens (including phenoxy) is 2. The third-order valence-corrected chi connectivity index (χ3v) is 11.0. The highest BCUT2D eigenvalue weighted by molar-refractivity contribution is 7.47. The number of unbranched alkanes of at least 4 members (excludes halogenated alkanes) is 26. The van der Waals surface area contributed by atoms with E-state index in [0.29, 0.717) is 12.8 Å². The van der Waals surface area contributed by atoms with Gasteiger partial charge in [0.1, 0.15) is 12.7 Å². The number of aliphatic hydroxyl groups is 2. The third kappa shape index (κ3) is 42.4. The molecule has 0 aliphatic heterocycles. The van der Waals surface area contributed by atoms with Gasteiger partial charge in [-0.1, -0.05) is 167 Å². The molecule has 0 bridgehead atoms. The zero-order valence-corrected chi connectivity index (χ0v) is 37.5. The Hall–Kier alpha value is -1.55. The van der Waals surface area contributed by atoms with Crippen LogP contribution in [0.3, 0.4) is 0 Å². The third-order valence-electron chi connectivity index (χ3n) is 10.1. The van der Waals surface area contributed by atoms with Crippen LogP contribution in [0.4, 0.5) is 0 Å². The minimum absolute atomic E-state index is 0.180. The molecule has 336 valence electrons. The molecule has 3 atom stereocenters. The summed E-state index contributed by atoms with van der Waals surface area (Å²) in [6, 6.07) is 0. The van der Waals surface area contributed by atoms with Gasteiger partial charge in [-0.2, -0.15) is 0 Å². The van der Waals surface area contributed by atoms with Crippen molar-refractivity contribution < 1.29 is 47.8 Å². The number of hydrogen-bond acceptors (Lipinski definition) is 9. The van der Waals surface area contributed by atoms with E-state index in [1.807, 2.05) is 0 Å². The van der Waals surface area contributed by atoms with Crippen LogP contribution >= 0.6 is 7.82 Å². The topological polar surface area (TPSA) is 149 Å². The summed E-state index contributed by atoms with van der Waals surface area (Å²) < 4.78 is 32.7. The van der Waals surface area contributed by atoms with Crippen LogP contribution in [-0.4, -0.2) is 65.7 Å². The SMILES string of the molecule is CCCCCCCC/C=C/CCCCCCCCCCCC(=O)O[C@H](COC(=O)CCCC/C=C/CCCCCCCCCCC)COP(=O)(O)OC[C@@H](O)CO. The Labute approximate surface area is 348 Å². The molecular weight excluding hydrogens is 743 g/mol. The molecule has 0 radical (unpaired) electrons. The molecule has 11 heteroatoms. The first kappa shape index (κ1) is 55.5. The molecular formula is C46H87O10P. The summed E-state index contributed by atoms with van der Waals surface area (Å²) in [5.74, 6) is -0.945. The Morgan fingerprint density at radius 2 is 0.860 bits per heavy atom. The van der Waals surface area contributed by atoms with Gasteiger partial charge in [0.2, 0.25) is 0 Å². The van der Waals surface area contributed by atoms with Crippen molar-refractivity contribution in [2.75, 3.05) is 26.4 Å². The fourth-order valence-corrected chi connectivity index (χ4v) is 7.24. The Bertz CT molecular complexity index is 1000. The molecule has 0 aliphatic rings. The van der Waals surface area contributed by atoms with Gasteiger partial charge in [-0.15, -0.1) is 0 Å². The second kappa shape index (κ2) is 42.6. The van der Waals surface area contributed by atoms with Crippen molar-refractivity contribution in [3.63, 3.8) is 0 Å². The molecule has 0 heterocycles. The standard InChI is InChI=1S/C46H87O10P/c1-3-5-7-9-11-13-15-17-19-20-21-22-24-26-28-30-32-34-36-38-46(50)56-44(42-55-57(51,52)54-40-43(48)39-47)41-53-45(49)37-35-33-31-29-27-25-23-18-16-14-12-10-8-6-4-2/h17,19,27,29,43-44,47-48H,3-16,18,20-26,28,30-42H2,1-2H3,(H,51,52)/b19-17+,29-27+/t43-,44+/m0/s1. The molecule has 0 fully saturated rings. The van der Waals surface area contributed by atoms with Crippen molar-refractivity contribution in [1.29, 1.82) is 0 Å². The maximum Gasteiger partial charge on any atom is 0.472 e. The maximum atomic E-state index is 12.6. The van der Waals surface area contributed by atoms with Crippen molar-refractivity contribution in [2.45, 2.75) is 232 Å². The summed E-state index contributed by atoms with van der Waals surface area (Å²) in [5.41, 5.74) is 0. The van der Waals surface area contributed by atoms with Crippen LogP contribution in [0.1, 0.15) is 219 Å². The molecule has 0 saturated heterocycles. The van der Waals surface area contributed by atoms with E-state index < -0.39 is 51.8 Å². The lowest BCUT2D eigenvalue weighted by Crippen LogP contribution is -2.29. The second-order valence-corrected chi connectivity index (χ2v) is 17.2. The van der Waals surface area contributed by atoms with Crippen LogP contribution in [0, 0.1) is 0 Å². The Morgan fingerprint density at radius 1 is 0.509 bits per heavy atom. The number of phosphoric acid groups is 1. The zero-order chi connectivity index (χ0) is 41.9. The highest BCUT2D eigenvalue weighted by Gasteiger charge is 2.27. The lowest BCUT2D eigenvalue weighted by atomic mass is 10.1. The Kier molecular flexibility index (Phi) is 41.4. The number of aliphatic hydroxyl groups excluding tert-OH is 2. The van der Waals surface area contributed by atoms with Gasteiger partial charge in [0.05, 0.1) is 19.8 Å². The van der Waals surface area contributed by atoms with Crippen molar-refractivity contribution >= 4 is 19.8 Å². The molecule has 0 amide bonds. The van der Waals surface area contributed by atoms with Crippen molar-refractivity contribution in [1.82, 2.24) is 0 Å². The van der Waals surface area contributed by atoms with Gasteiger partial charge in [-0.05, 0) is 64.2 Å². The van der Waals surface area contributed by atoms with Crippen molar-refractivity contribution in [3.05, 3.63) is 24.3 Å². The summed E-state index contributed by atoms with van der Waals surface area (Å²) in [5, 5.41) is 18.3. The van der Waals surface area contributed by atoms with Crippen LogP contribution in [0.5, 0.6) is 0 Å². The van der Waals surface area contributed by atoms with E-state index in [2.05, 4.69) is 38.2 Å². The Balaban J connectivity index is 4.25. The number of phosphoric ester groups is 1. The fraction of sp³-hybridized carbons (Fsp3) is 0.870. The molecule has 0 aromatic carbocycles. The van der Waals surface area contributed by atoms with Crippen molar-refractivity contribution in [3.8, 4) is 0 Å². The zero-order valence-electron chi connectivity index (χ0n) is 36.6. The van der Waals surface area contributed by atoms with Crippen LogP contribution in [0.2, 0.25) is 0 Å². The molecule has 0 spiro atoms. The molecule has 3 N–H and O–H groups in total. The van der Waals surface area contributed by atoms with Crippen LogP contribution in [-0.2, 0) is 32.7 Å². The minimum atomic E-state index is -4.62. The number of hydrogen-bond donors (Lipinski definition) is 3. The fourth-order valence-electron chi connectivity index (χ4n) is 6.45. The van der Waals surface area contributed by atoms with Crippen LogP contribution < -0.4 is 0 Å². The lowest BCUT2D eigenvalue weighted by Gasteiger charge is -2.20. The number of carbonyl (C=O) groups is 2. The largest absolute Gasteiger partial charge is 0.472 e. The molecule has 1 unspecified atom stereocenters. The summed E-state index contributed by atoms with van der Waals surface area (Å²) in [6.07, 6.45) is 42.9. The summed E-state index contributed by atoms with van der Waals surface area (Å²) in [6.45, 7) is 2.38. The molecule has 0 aromatic rings. The van der Waals surface area contributed by atoms with Crippen molar-refractivity contribution in [2.24, 2.45) is 0 Å². The van der Waals surface area contributed by atoms with E-state index >= 15 is 0 Å². The summed E-state index contributed by atoms with van der Waals surface area (Å²) in [7, 11) is -4.62. The normalized spacial score (nSPS) is 14.0. The predicted octanol–water partition coefficient (Wildman–Crippen LogP) is 12.6. The molecule has 0 saturated carbocycles. The summed E-state index contributed by atoms with van der Waals surface area (Å²) >= 11 is 0. The number of allylic oxidation sites excluding steroid dienone is 4. The number of rotatable bonds is 44. The smallest absolute Gasteiger partial charge is 0.462 e. The van der Waals surface area contributed by atoms with E-state index in [4.69, 9.17) is 23.6 Å². The molecule has 10 nitrogen and oxygen atoms in total. The monoisotopic (exact) mass is 831 g/mol. The first-order valence-electron chi connectivity index (χ1n) is 23.3. The average Bonchev–Trinajstić information content (AvgIpc) is 3.20. The average molecular weight is 831 g/mol. The molecule has 0 rings (SSSR count). The Morgan fingerprint density at radius 3 is 1.30 bits per heavy atom. The highest BCUT2D eigenvalue weighted by Crippen LogP contribution is 2.43. The minimum Gasteiger partial charge on any atom is -0.462 e. The van der Waals surface area contributed by atoms with Gasteiger partial charge >= 0.3 is 19.8 Å². The van der Waals surface area contributed by atoms with Gasteiger partial charge in [0.15, 0.2) is 6.10 Å². The molecule has 0 aliphatic carbocycles. The van der Waals surface area contributed by atoms with Gasteiger partial charge in [0.25, 0.3) is 0 Å². The highest BCUT2D eigenvalue weighted by atomic mass is 31.2. The summed E-state index contributed by atoms with van der Waals surface area (Å²) in [4.78, 5) is 35.0. The van der Waals surface area contributed by atoms with Gasteiger partial charge in [0, 0.05) is 12.8 Å². The first-order valence-corrected chi connectivity index (χ1v) is 24.8. The van der Waals surface area contributed by atoms with E-state index in [0.717, 1.165) is 38.5 Å². The molecule has 0 aromatic heterocycles. The second-order valence-electron chi connectivity index (χ2n) is 15.8. The predicted molar refractivity (Wildman–Crippen MR) is 233 cm³/mol. The van der Waals surface area contributed by atoms with E-state index in [1.54, 1.807) is 0 Å². The number of carbonyl (C=O) groups excluding carboxylic acids is 2. The number of esters is 2.